The van der Waals surface area contributed by atoms with Gasteiger partial charge in [-0.15, -0.1) is 0 Å². The second kappa shape index (κ2) is 7.38. The van der Waals surface area contributed by atoms with E-state index in [9.17, 15) is 4.39 Å². The number of rotatable bonds is 4. The van der Waals surface area contributed by atoms with E-state index in [-0.39, 0.29) is 5.82 Å². The Labute approximate surface area is 134 Å². The van der Waals surface area contributed by atoms with Crippen molar-refractivity contribution in [1.82, 2.24) is 5.32 Å². The fourth-order valence-corrected chi connectivity index (χ4v) is 2.29. The number of benzene rings is 2. The largest absolute Gasteiger partial charge is 0.362 e. The average Bonchev–Trinajstić information content (AvgIpc) is 2.43. The van der Waals surface area contributed by atoms with Crippen LogP contribution in [-0.2, 0) is 6.42 Å². The number of thiocarbonyl (C=S) groups is 1. The first-order chi connectivity index (χ1) is 10.0. The molecule has 2 nitrogen and oxygen atoms in total. The first kappa shape index (κ1) is 15.7. The molecule has 2 aromatic carbocycles. The van der Waals surface area contributed by atoms with Crippen LogP contribution in [0.4, 0.5) is 10.1 Å². The van der Waals surface area contributed by atoms with Gasteiger partial charge in [-0.2, -0.15) is 0 Å². The molecule has 2 rings (SSSR count). The van der Waals surface area contributed by atoms with Gasteiger partial charge < -0.3 is 10.6 Å². The van der Waals surface area contributed by atoms with Crippen LogP contribution >= 0.6 is 23.8 Å². The zero-order valence-electron chi connectivity index (χ0n) is 11.6. The Balaban J connectivity index is 1.81. The van der Waals surface area contributed by atoms with Gasteiger partial charge in [0.25, 0.3) is 0 Å². The van der Waals surface area contributed by atoms with Crippen LogP contribution in [0.15, 0.2) is 42.5 Å². The lowest BCUT2D eigenvalue weighted by Crippen LogP contribution is -2.30. The summed E-state index contributed by atoms with van der Waals surface area (Å²) in [6, 6.07) is 12.6. The number of aryl methyl sites for hydroxylation is 1. The maximum atomic E-state index is 13.4. The van der Waals surface area contributed by atoms with Crippen molar-refractivity contribution in [3.8, 4) is 0 Å². The van der Waals surface area contributed by atoms with Crippen LogP contribution in [0.25, 0.3) is 0 Å². The van der Waals surface area contributed by atoms with E-state index >= 15 is 0 Å². The highest BCUT2D eigenvalue weighted by Gasteiger charge is 2.02. The SMILES string of the molecule is Cc1ccc(NC(=S)NCCc2cccc(Cl)c2)cc1F. The Hall–Kier alpha value is -1.65. The van der Waals surface area contributed by atoms with Crippen molar-refractivity contribution in [2.75, 3.05) is 11.9 Å². The van der Waals surface area contributed by atoms with Gasteiger partial charge in [-0.25, -0.2) is 4.39 Å². The van der Waals surface area contributed by atoms with E-state index in [4.69, 9.17) is 23.8 Å². The lowest BCUT2D eigenvalue weighted by molar-refractivity contribution is 0.619. The van der Waals surface area contributed by atoms with Gasteiger partial charge >= 0.3 is 0 Å². The topological polar surface area (TPSA) is 24.1 Å². The molecule has 2 N–H and O–H groups in total. The van der Waals surface area contributed by atoms with Crippen molar-refractivity contribution in [3.05, 3.63) is 64.4 Å². The summed E-state index contributed by atoms with van der Waals surface area (Å²) >= 11 is 11.1. The molecular weight excluding hydrogens is 307 g/mol. The van der Waals surface area contributed by atoms with E-state index in [1.54, 1.807) is 19.1 Å². The molecular formula is C16H16ClFN2S. The Morgan fingerprint density at radius 3 is 2.76 bits per heavy atom. The van der Waals surface area contributed by atoms with Crippen LogP contribution < -0.4 is 10.6 Å². The molecule has 2 aromatic rings. The maximum Gasteiger partial charge on any atom is 0.170 e. The first-order valence-corrected chi connectivity index (χ1v) is 7.38. The van der Waals surface area contributed by atoms with Gasteiger partial charge in [0.05, 0.1) is 0 Å². The Kier molecular flexibility index (Phi) is 5.53. The van der Waals surface area contributed by atoms with Crippen LogP contribution in [0, 0.1) is 12.7 Å². The van der Waals surface area contributed by atoms with Crippen molar-refractivity contribution in [2.45, 2.75) is 13.3 Å². The third-order valence-electron chi connectivity index (χ3n) is 3.02. The summed E-state index contributed by atoms with van der Waals surface area (Å²) in [4.78, 5) is 0. The van der Waals surface area contributed by atoms with Gasteiger partial charge in [0, 0.05) is 17.3 Å². The van der Waals surface area contributed by atoms with Crippen LogP contribution in [0.1, 0.15) is 11.1 Å². The van der Waals surface area contributed by atoms with Gasteiger partial charge in [0.2, 0.25) is 0 Å². The standard InChI is InChI=1S/C16H16ClFN2S/c1-11-5-6-14(10-15(11)18)20-16(21)19-8-7-12-3-2-4-13(17)9-12/h2-6,9-10H,7-8H2,1H3,(H2,19,20,21). The van der Waals surface area contributed by atoms with Crippen LogP contribution in [0.5, 0.6) is 0 Å². The van der Waals surface area contributed by atoms with Gasteiger partial charge in [0.1, 0.15) is 5.82 Å². The molecule has 0 unspecified atom stereocenters. The maximum absolute atomic E-state index is 13.4. The minimum Gasteiger partial charge on any atom is -0.362 e. The molecule has 0 radical (unpaired) electrons. The van der Waals surface area contributed by atoms with Gasteiger partial charge in [-0.05, 0) is 61.0 Å². The third-order valence-corrected chi connectivity index (χ3v) is 3.50. The fraction of sp³-hybridized carbons (Fsp3) is 0.188. The van der Waals surface area contributed by atoms with Crippen LogP contribution in [0.3, 0.4) is 0 Å². The molecule has 0 spiro atoms. The quantitative estimate of drug-likeness (QED) is 0.820. The Morgan fingerprint density at radius 1 is 1.24 bits per heavy atom. The summed E-state index contributed by atoms with van der Waals surface area (Å²) in [7, 11) is 0. The van der Waals surface area contributed by atoms with Gasteiger partial charge in [-0.1, -0.05) is 29.8 Å². The van der Waals surface area contributed by atoms with Crippen molar-refractivity contribution < 1.29 is 4.39 Å². The molecule has 0 fully saturated rings. The summed E-state index contributed by atoms with van der Waals surface area (Å²) in [5.41, 5.74) is 2.39. The molecule has 21 heavy (non-hydrogen) atoms. The third kappa shape index (κ3) is 4.99. The molecule has 110 valence electrons. The molecule has 0 aliphatic rings. The molecule has 0 amide bonds. The van der Waals surface area contributed by atoms with Crippen LogP contribution in [-0.4, -0.2) is 11.7 Å². The number of halogens is 2. The van der Waals surface area contributed by atoms with E-state index in [0.29, 0.717) is 22.9 Å². The first-order valence-electron chi connectivity index (χ1n) is 6.60. The van der Waals surface area contributed by atoms with Crippen molar-refractivity contribution in [1.29, 1.82) is 0 Å². The van der Waals surface area contributed by atoms with E-state index < -0.39 is 0 Å². The minimum absolute atomic E-state index is 0.248. The predicted octanol–water partition coefficient (Wildman–Crippen LogP) is 4.32. The predicted molar refractivity (Wildman–Crippen MR) is 90.5 cm³/mol. The lowest BCUT2D eigenvalue weighted by atomic mass is 10.1. The van der Waals surface area contributed by atoms with Crippen molar-refractivity contribution in [2.24, 2.45) is 0 Å². The second-order valence-corrected chi connectivity index (χ2v) is 5.57. The normalized spacial score (nSPS) is 10.2. The summed E-state index contributed by atoms with van der Waals surface area (Å²) in [5.74, 6) is -0.248. The molecule has 0 aliphatic heterocycles. The lowest BCUT2D eigenvalue weighted by Gasteiger charge is -2.11. The monoisotopic (exact) mass is 322 g/mol. The van der Waals surface area contributed by atoms with E-state index in [1.807, 2.05) is 24.3 Å². The second-order valence-electron chi connectivity index (χ2n) is 4.72. The van der Waals surface area contributed by atoms with E-state index in [1.165, 1.54) is 6.07 Å². The minimum atomic E-state index is -0.248. The van der Waals surface area contributed by atoms with Crippen molar-refractivity contribution in [3.63, 3.8) is 0 Å². The van der Waals surface area contributed by atoms with Crippen molar-refractivity contribution >= 4 is 34.6 Å². The van der Waals surface area contributed by atoms with E-state index in [2.05, 4.69) is 10.6 Å². The summed E-state index contributed by atoms with van der Waals surface area (Å²) in [6.07, 6.45) is 0.810. The molecule has 0 saturated heterocycles. The highest BCUT2D eigenvalue weighted by Crippen LogP contribution is 2.13. The summed E-state index contributed by atoms with van der Waals surface area (Å²) in [5, 5.41) is 7.25. The fourth-order valence-electron chi connectivity index (χ4n) is 1.86. The average molecular weight is 323 g/mol. The number of hydrogen-bond acceptors (Lipinski definition) is 1. The smallest absolute Gasteiger partial charge is 0.170 e. The summed E-state index contributed by atoms with van der Waals surface area (Å²) in [6.45, 7) is 2.40. The van der Waals surface area contributed by atoms with Gasteiger partial charge in [-0.3, -0.25) is 0 Å². The molecule has 0 saturated carbocycles. The summed E-state index contributed by atoms with van der Waals surface area (Å²) < 4.78 is 13.4. The molecule has 5 heteroatoms. The number of nitrogens with one attached hydrogen (secondary N) is 2. The zero-order chi connectivity index (χ0) is 15.2. The van der Waals surface area contributed by atoms with Gasteiger partial charge in [0.15, 0.2) is 5.11 Å². The molecule has 0 aromatic heterocycles. The van der Waals surface area contributed by atoms with Crippen LogP contribution in [0.2, 0.25) is 5.02 Å². The van der Waals surface area contributed by atoms with E-state index in [0.717, 1.165) is 17.0 Å². The molecule has 0 bridgehead atoms. The number of hydrogen-bond donors (Lipinski definition) is 2. The Morgan fingerprint density at radius 2 is 2.05 bits per heavy atom. The molecule has 0 aliphatic carbocycles. The molecule has 0 heterocycles. The molecule has 0 atom stereocenters. The number of anilines is 1. The highest BCUT2D eigenvalue weighted by atomic mass is 35.5. The Bertz CT molecular complexity index is 646. The highest BCUT2D eigenvalue weighted by molar-refractivity contribution is 7.80. The zero-order valence-corrected chi connectivity index (χ0v) is 13.2.